The molecule has 0 amide bonds. The zero-order valence-electron chi connectivity index (χ0n) is 8.42. The van der Waals surface area contributed by atoms with E-state index in [-0.39, 0.29) is 0 Å². The molecule has 1 heteroatoms. The molecule has 0 aliphatic carbocycles. The third-order valence-corrected chi connectivity index (χ3v) is 1.54. The molecular formula is C11H18O. The zero-order valence-corrected chi connectivity index (χ0v) is 8.42. The Morgan fingerprint density at radius 2 is 1.92 bits per heavy atom. The minimum atomic E-state index is 0.944. The van der Waals surface area contributed by atoms with Crippen molar-refractivity contribution in [2.75, 3.05) is 7.11 Å². The molecule has 0 unspecified atom stereocenters. The summed E-state index contributed by atoms with van der Waals surface area (Å²) in [6, 6.07) is 8.12. The van der Waals surface area contributed by atoms with Crippen molar-refractivity contribution in [1.82, 2.24) is 0 Å². The maximum absolute atomic E-state index is 5.06. The van der Waals surface area contributed by atoms with Gasteiger partial charge in [0.05, 0.1) is 7.11 Å². The number of hydrogen-bond acceptors (Lipinski definition) is 1. The summed E-state index contributed by atoms with van der Waals surface area (Å²) in [6.45, 7) is 6.13. The second kappa shape index (κ2) is 6.71. The molecule has 0 atom stereocenters. The van der Waals surface area contributed by atoms with Gasteiger partial charge in [0, 0.05) is 0 Å². The number of methoxy groups -OCH3 is 1. The predicted molar refractivity (Wildman–Crippen MR) is 53.7 cm³/mol. The molecule has 0 aromatic heterocycles. The first kappa shape index (κ1) is 11.0. The molecule has 0 N–H and O–H groups in total. The van der Waals surface area contributed by atoms with Gasteiger partial charge < -0.3 is 4.74 Å². The van der Waals surface area contributed by atoms with Crippen LogP contribution in [0.1, 0.15) is 26.3 Å². The summed E-state index contributed by atoms with van der Waals surface area (Å²) in [5.74, 6) is 0.944. The van der Waals surface area contributed by atoms with Crippen molar-refractivity contribution in [2.24, 2.45) is 0 Å². The van der Waals surface area contributed by atoms with Gasteiger partial charge >= 0.3 is 0 Å². The average Bonchev–Trinajstić information content (AvgIpc) is 2.21. The van der Waals surface area contributed by atoms with Crippen LogP contribution >= 0.6 is 0 Å². The Hall–Kier alpha value is -0.980. The Morgan fingerprint density at radius 3 is 2.42 bits per heavy atom. The quantitative estimate of drug-likeness (QED) is 0.655. The van der Waals surface area contributed by atoms with Crippen LogP contribution in [-0.4, -0.2) is 7.11 Å². The van der Waals surface area contributed by atoms with Gasteiger partial charge in [0.15, 0.2) is 0 Å². The molecule has 12 heavy (non-hydrogen) atoms. The molecule has 1 aromatic rings. The van der Waals surface area contributed by atoms with E-state index in [9.17, 15) is 0 Å². The molecule has 0 saturated heterocycles. The summed E-state index contributed by atoms with van der Waals surface area (Å²) in [4.78, 5) is 0. The fourth-order valence-corrected chi connectivity index (χ4v) is 0.892. The highest BCUT2D eigenvalue weighted by atomic mass is 16.5. The SMILES string of the molecule is CC.CCc1cccc(OC)c1. The first-order valence-corrected chi connectivity index (χ1v) is 4.49. The van der Waals surface area contributed by atoms with Crippen molar-refractivity contribution in [3.8, 4) is 5.75 Å². The van der Waals surface area contributed by atoms with E-state index in [2.05, 4.69) is 19.1 Å². The van der Waals surface area contributed by atoms with Gasteiger partial charge in [-0.15, -0.1) is 0 Å². The van der Waals surface area contributed by atoms with Gasteiger partial charge in [-0.3, -0.25) is 0 Å². The molecular weight excluding hydrogens is 148 g/mol. The first-order valence-electron chi connectivity index (χ1n) is 4.49. The molecule has 1 rings (SSSR count). The molecule has 0 bridgehead atoms. The lowest BCUT2D eigenvalue weighted by molar-refractivity contribution is 0.414. The van der Waals surface area contributed by atoms with Crippen LogP contribution in [0.3, 0.4) is 0 Å². The lowest BCUT2D eigenvalue weighted by Gasteiger charge is -2.00. The van der Waals surface area contributed by atoms with Crippen molar-refractivity contribution < 1.29 is 4.74 Å². The van der Waals surface area contributed by atoms with Gasteiger partial charge in [0.25, 0.3) is 0 Å². The summed E-state index contributed by atoms with van der Waals surface area (Å²) < 4.78 is 5.06. The van der Waals surface area contributed by atoms with Crippen molar-refractivity contribution in [1.29, 1.82) is 0 Å². The summed E-state index contributed by atoms with van der Waals surface area (Å²) in [7, 11) is 1.69. The van der Waals surface area contributed by atoms with Gasteiger partial charge in [0.1, 0.15) is 5.75 Å². The van der Waals surface area contributed by atoms with Gasteiger partial charge in [-0.05, 0) is 24.1 Å². The molecule has 0 saturated carbocycles. The Balaban J connectivity index is 0.000000561. The van der Waals surface area contributed by atoms with Gasteiger partial charge in [-0.1, -0.05) is 32.9 Å². The summed E-state index contributed by atoms with van der Waals surface area (Å²) in [6.07, 6.45) is 1.07. The van der Waals surface area contributed by atoms with E-state index < -0.39 is 0 Å². The minimum Gasteiger partial charge on any atom is -0.497 e. The normalized spacial score (nSPS) is 8.33. The topological polar surface area (TPSA) is 9.23 Å². The first-order chi connectivity index (χ1) is 5.86. The zero-order chi connectivity index (χ0) is 9.40. The van der Waals surface area contributed by atoms with Crippen molar-refractivity contribution in [3.05, 3.63) is 29.8 Å². The Bertz CT molecular complexity index is 187. The fourth-order valence-electron chi connectivity index (χ4n) is 0.892. The largest absolute Gasteiger partial charge is 0.497 e. The summed E-state index contributed by atoms with van der Waals surface area (Å²) in [5.41, 5.74) is 1.32. The van der Waals surface area contributed by atoms with E-state index >= 15 is 0 Å². The second-order valence-corrected chi connectivity index (χ2v) is 2.21. The van der Waals surface area contributed by atoms with Crippen molar-refractivity contribution in [3.63, 3.8) is 0 Å². The van der Waals surface area contributed by atoms with E-state index in [0.717, 1.165) is 12.2 Å². The maximum Gasteiger partial charge on any atom is 0.119 e. The van der Waals surface area contributed by atoms with Crippen LogP contribution in [0, 0.1) is 0 Å². The van der Waals surface area contributed by atoms with Crippen LogP contribution in [0.15, 0.2) is 24.3 Å². The molecule has 0 aliphatic heterocycles. The average molecular weight is 166 g/mol. The van der Waals surface area contributed by atoms with Gasteiger partial charge in [0.2, 0.25) is 0 Å². The van der Waals surface area contributed by atoms with Crippen LogP contribution in [0.5, 0.6) is 5.75 Å². The van der Waals surface area contributed by atoms with Crippen molar-refractivity contribution in [2.45, 2.75) is 27.2 Å². The standard InChI is InChI=1S/C9H12O.C2H6/c1-3-8-5-4-6-9(7-8)10-2;1-2/h4-7H,3H2,1-2H3;1-2H3. The Labute approximate surface area is 75.4 Å². The second-order valence-electron chi connectivity index (χ2n) is 2.21. The molecule has 0 radical (unpaired) electrons. The molecule has 1 aromatic carbocycles. The summed E-state index contributed by atoms with van der Waals surface area (Å²) >= 11 is 0. The highest BCUT2D eigenvalue weighted by Crippen LogP contribution is 2.12. The molecule has 0 spiro atoms. The fraction of sp³-hybridized carbons (Fsp3) is 0.455. The van der Waals surface area contributed by atoms with E-state index in [4.69, 9.17) is 4.74 Å². The van der Waals surface area contributed by atoms with Crippen LogP contribution in [0.25, 0.3) is 0 Å². The van der Waals surface area contributed by atoms with E-state index in [1.807, 2.05) is 26.0 Å². The monoisotopic (exact) mass is 166 g/mol. The maximum atomic E-state index is 5.06. The molecule has 68 valence electrons. The van der Waals surface area contributed by atoms with Crippen LogP contribution < -0.4 is 4.74 Å². The lowest BCUT2D eigenvalue weighted by atomic mass is 10.2. The third kappa shape index (κ3) is 3.42. The Morgan fingerprint density at radius 1 is 1.25 bits per heavy atom. The van der Waals surface area contributed by atoms with E-state index in [1.54, 1.807) is 7.11 Å². The number of aryl methyl sites for hydroxylation is 1. The molecule has 0 aliphatic rings. The van der Waals surface area contributed by atoms with Crippen LogP contribution in [-0.2, 0) is 6.42 Å². The number of ether oxygens (including phenoxy) is 1. The smallest absolute Gasteiger partial charge is 0.119 e. The lowest BCUT2D eigenvalue weighted by Crippen LogP contribution is -1.84. The highest BCUT2D eigenvalue weighted by Gasteiger charge is 1.90. The Kier molecular flexibility index (Phi) is 6.16. The van der Waals surface area contributed by atoms with Gasteiger partial charge in [-0.2, -0.15) is 0 Å². The van der Waals surface area contributed by atoms with Crippen LogP contribution in [0.2, 0.25) is 0 Å². The molecule has 0 heterocycles. The number of rotatable bonds is 2. The number of hydrogen-bond donors (Lipinski definition) is 0. The third-order valence-electron chi connectivity index (χ3n) is 1.54. The summed E-state index contributed by atoms with van der Waals surface area (Å²) in [5, 5.41) is 0. The van der Waals surface area contributed by atoms with Gasteiger partial charge in [-0.25, -0.2) is 0 Å². The van der Waals surface area contributed by atoms with E-state index in [0.29, 0.717) is 0 Å². The van der Waals surface area contributed by atoms with E-state index in [1.165, 1.54) is 5.56 Å². The van der Waals surface area contributed by atoms with Crippen LogP contribution in [0.4, 0.5) is 0 Å². The predicted octanol–water partition coefficient (Wildman–Crippen LogP) is 3.28. The molecule has 1 nitrogen and oxygen atoms in total. The molecule has 0 fully saturated rings. The highest BCUT2D eigenvalue weighted by molar-refractivity contribution is 5.28. The number of benzene rings is 1. The van der Waals surface area contributed by atoms with Crippen molar-refractivity contribution >= 4 is 0 Å². The minimum absolute atomic E-state index is 0.944.